The number of nitrogens with zero attached hydrogens (tertiary/aromatic N) is 6. The quantitative estimate of drug-likeness (QED) is 0.195. The zero-order valence-electron chi connectivity index (χ0n) is 19.4. The lowest BCUT2D eigenvalue weighted by molar-refractivity contribution is 0.0955. The highest BCUT2D eigenvalue weighted by Crippen LogP contribution is 2.22. The molecule has 3 aromatic carbocycles. The molecular formula is C27H25N7O. The van der Waals surface area contributed by atoms with E-state index >= 15 is 0 Å². The van der Waals surface area contributed by atoms with Crippen molar-refractivity contribution in [3.63, 3.8) is 0 Å². The van der Waals surface area contributed by atoms with Crippen molar-refractivity contribution < 1.29 is 4.79 Å². The summed E-state index contributed by atoms with van der Waals surface area (Å²) in [6.07, 6.45) is 0.714. The second-order valence-corrected chi connectivity index (χ2v) is 7.58. The first-order valence-corrected chi connectivity index (χ1v) is 11.1. The topological polar surface area (TPSA) is 117 Å². The molecule has 174 valence electrons. The molecule has 8 nitrogen and oxygen atoms in total. The zero-order valence-corrected chi connectivity index (χ0v) is 19.4. The second kappa shape index (κ2) is 13.0. The highest BCUT2D eigenvalue weighted by molar-refractivity contribution is 6.02. The number of nitriles is 2. The first kappa shape index (κ1) is 24.8. The summed E-state index contributed by atoms with van der Waals surface area (Å²) >= 11 is 0. The molecule has 0 aliphatic rings. The van der Waals surface area contributed by atoms with Gasteiger partial charge in [-0.25, -0.2) is 5.43 Å². The molecule has 0 aromatic heterocycles. The molecule has 0 fully saturated rings. The molecule has 0 radical (unpaired) electrons. The maximum Gasteiger partial charge on any atom is 0.271 e. The molecule has 0 saturated heterocycles. The number of amides is 1. The molecule has 0 unspecified atom stereocenters. The van der Waals surface area contributed by atoms with E-state index in [9.17, 15) is 4.79 Å². The highest BCUT2D eigenvalue weighted by atomic mass is 16.2. The second-order valence-electron chi connectivity index (χ2n) is 7.58. The number of nitrogens with one attached hydrogen (secondary N) is 1. The number of amidine groups is 1. The molecule has 0 aliphatic heterocycles. The monoisotopic (exact) mass is 463 g/mol. The lowest BCUT2D eigenvalue weighted by Gasteiger charge is -2.23. The standard InChI is InChI=1S/C27H25N7O/c1-21-20-24(34(18-8-16-28)19-9-17-29)14-15-25(21)26(31-30-23-12-6-3-7-13-23)32-33-27(35)22-10-4-2-5-11-22/h2-7,10-15,20H,8-9,18-19H2,1H3,(H,33,35). The Kier molecular flexibility index (Phi) is 9.23. The van der Waals surface area contributed by atoms with E-state index < -0.39 is 0 Å². The first-order valence-electron chi connectivity index (χ1n) is 11.1. The van der Waals surface area contributed by atoms with Crippen LogP contribution in [0.3, 0.4) is 0 Å². The fraction of sp³-hybridized carbons (Fsp3) is 0.185. The van der Waals surface area contributed by atoms with Gasteiger partial charge < -0.3 is 4.90 Å². The number of anilines is 1. The van der Waals surface area contributed by atoms with Crippen LogP contribution in [0.4, 0.5) is 11.4 Å². The summed E-state index contributed by atoms with van der Waals surface area (Å²) in [5.41, 5.74) is 6.15. The third kappa shape index (κ3) is 7.34. The van der Waals surface area contributed by atoms with E-state index in [1.807, 2.05) is 66.4 Å². The van der Waals surface area contributed by atoms with E-state index in [0.717, 1.165) is 11.3 Å². The van der Waals surface area contributed by atoms with Gasteiger partial charge in [-0.15, -0.1) is 15.3 Å². The largest absolute Gasteiger partial charge is 0.369 e. The van der Waals surface area contributed by atoms with Crippen LogP contribution in [0.15, 0.2) is 94.2 Å². The van der Waals surface area contributed by atoms with E-state index in [4.69, 9.17) is 10.5 Å². The summed E-state index contributed by atoms with van der Waals surface area (Å²) in [6, 6.07) is 28.1. The number of hydrogen-bond donors (Lipinski definition) is 1. The third-order valence-electron chi connectivity index (χ3n) is 5.12. The molecule has 0 spiro atoms. The minimum Gasteiger partial charge on any atom is -0.369 e. The molecule has 0 atom stereocenters. The minimum absolute atomic E-state index is 0.253. The van der Waals surface area contributed by atoms with E-state index in [-0.39, 0.29) is 11.7 Å². The number of hydrazone groups is 1. The summed E-state index contributed by atoms with van der Waals surface area (Å²) in [6.45, 7) is 2.97. The van der Waals surface area contributed by atoms with Gasteiger partial charge in [-0.3, -0.25) is 4.79 Å². The van der Waals surface area contributed by atoms with Gasteiger partial charge in [0.15, 0.2) is 0 Å². The number of benzene rings is 3. The SMILES string of the molecule is Cc1cc(N(CCC#N)CCC#N)ccc1C(N=Nc1ccccc1)=NNC(=O)c1ccccc1. The molecule has 35 heavy (non-hydrogen) atoms. The number of aryl methyl sites for hydroxylation is 1. The Balaban J connectivity index is 1.92. The predicted octanol–water partition coefficient (Wildman–Crippen LogP) is 5.50. The van der Waals surface area contributed by atoms with E-state index in [0.29, 0.717) is 42.7 Å². The fourth-order valence-corrected chi connectivity index (χ4v) is 3.33. The fourth-order valence-electron chi connectivity index (χ4n) is 3.33. The number of rotatable bonds is 9. The van der Waals surface area contributed by atoms with Crippen LogP contribution in [-0.2, 0) is 0 Å². The molecule has 3 rings (SSSR count). The predicted molar refractivity (Wildman–Crippen MR) is 135 cm³/mol. The molecule has 1 amide bonds. The average Bonchev–Trinajstić information content (AvgIpc) is 2.90. The van der Waals surface area contributed by atoms with Crippen LogP contribution in [0.1, 0.15) is 34.3 Å². The first-order chi connectivity index (χ1) is 17.1. The van der Waals surface area contributed by atoms with Crippen molar-refractivity contribution in [3.05, 3.63) is 95.6 Å². The van der Waals surface area contributed by atoms with Crippen molar-refractivity contribution in [1.29, 1.82) is 10.5 Å². The van der Waals surface area contributed by atoms with Crippen molar-refractivity contribution in [2.24, 2.45) is 15.3 Å². The average molecular weight is 464 g/mol. The summed E-state index contributed by atoms with van der Waals surface area (Å²) in [4.78, 5) is 14.5. The van der Waals surface area contributed by atoms with Crippen molar-refractivity contribution >= 4 is 23.1 Å². The number of carbonyl (C=O) groups is 1. The van der Waals surface area contributed by atoms with Crippen LogP contribution in [0.5, 0.6) is 0 Å². The molecule has 0 aliphatic carbocycles. The van der Waals surface area contributed by atoms with Crippen LogP contribution < -0.4 is 10.3 Å². The Bertz CT molecular complexity index is 1250. The van der Waals surface area contributed by atoms with Gasteiger partial charge in [-0.05, 0) is 55.0 Å². The maximum absolute atomic E-state index is 12.5. The van der Waals surface area contributed by atoms with Crippen LogP contribution >= 0.6 is 0 Å². The van der Waals surface area contributed by atoms with Crippen LogP contribution in [0, 0.1) is 29.6 Å². The third-order valence-corrected chi connectivity index (χ3v) is 5.12. The summed E-state index contributed by atoms with van der Waals surface area (Å²) in [5, 5.41) is 30.8. The van der Waals surface area contributed by atoms with Gasteiger partial charge in [0.2, 0.25) is 5.84 Å². The van der Waals surface area contributed by atoms with Crippen LogP contribution in [0.25, 0.3) is 0 Å². The molecule has 0 heterocycles. The minimum atomic E-state index is -0.355. The Morgan fingerprint density at radius 2 is 1.54 bits per heavy atom. The van der Waals surface area contributed by atoms with Gasteiger partial charge >= 0.3 is 0 Å². The molecule has 0 saturated carbocycles. The Morgan fingerprint density at radius 1 is 0.914 bits per heavy atom. The van der Waals surface area contributed by atoms with Gasteiger partial charge in [-0.1, -0.05) is 36.4 Å². The smallest absolute Gasteiger partial charge is 0.271 e. The molecule has 3 aromatic rings. The molecule has 8 heteroatoms. The van der Waals surface area contributed by atoms with E-state index in [1.165, 1.54) is 0 Å². The van der Waals surface area contributed by atoms with Crippen molar-refractivity contribution in [3.8, 4) is 12.1 Å². The lowest BCUT2D eigenvalue weighted by Crippen LogP contribution is -2.25. The molecule has 1 N–H and O–H groups in total. The molecular weight excluding hydrogens is 438 g/mol. The van der Waals surface area contributed by atoms with Crippen molar-refractivity contribution in [2.45, 2.75) is 19.8 Å². The Labute approximate surface area is 204 Å². The number of carbonyl (C=O) groups excluding carboxylic acids is 1. The van der Waals surface area contributed by atoms with Crippen molar-refractivity contribution in [1.82, 2.24) is 5.43 Å². The van der Waals surface area contributed by atoms with Gasteiger partial charge in [0.05, 0.1) is 30.7 Å². The summed E-state index contributed by atoms with van der Waals surface area (Å²) < 4.78 is 0. The van der Waals surface area contributed by atoms with E-state index in [2.05, 4.69) is 32.9 Å². The van der Waals surface area contributed by atoms with Gasteiger partial charge in [0.25, 0.3) is 5.91 Å². The lowest BCUT2D eigenvalue weighted by atomic mass is 10.1. The van der Waals surface area contributed by atoms with E-state index in [1.54, 1.807) is 24.3 Å². The van der Waals surface area contributed by atoms with Gasteiger partial charge in [-0.2, -0.15) is 10.5 Å². The van der Waals surface area contributed by atoms with Gasteiger partial charge in [0.1, 0.15) is 0 Å². The maximum atomic E-state index is 12.5. The summed E-state index contributed by atoms with van der Waals surface area (Å²) in [5.74, 6) is -0.103. The molecule has 0 bridgehead atoms. The number of hydrogen-bond acceptors (Lipinski definition) is 6. The zero-order chi connectivity index (χ0) is 24.9. The summed E-state index contributed by atoms with van der Waals surface area (Å²) in [7, 11) is 0. The Morgan fingerprint density at radius 3 is 2.14 bits per heavy atom. The number of azo groups is 1. The Hall–Kier alpha value is -4.82. The van der Waals surface area contributed by atoms with Gasteiger partial charge in [0, 0.05) is 29.9 Å². The van der Waals surface area contributed by atoms with Crippen LogP contribution in [0.2, 0.25) is 0 Å². The normalized spacial score (nSPS) is 11.0. The van der Waals surface area contributed by atoms with Crippen molar-refractivity contribution in [2.75, 3.05) is 18.0 Å². The highest BCUT2D eigenvalue weighted by Gasteiger charge is 2.13. The van der Waals surface area contributed by atoms with Crippen LogP contribution in [-0.4, -0.2) is 24.8 Å².